The van der Waals surface area contributed by atoms with Gasteiger partial charge in [-0.1, -0.05) is 31.7 Å². The Labute approximate surface area is 141 Å². The molecule has 1 rings (SSSR count). The number of rotatable bonds is 7. The number of benzene rings is 1. The van der Waals surface area contributed by atoms with Gasteiger partial charge in [0.25, 0.3) is 0 Å². The molecule has 0 bridgehead atoms. The van der Waals surface area contributed by atoms with Gasteiger partial charge in [-0.2, -0.15) is 0 Å². The SMILES string of the molecule is C.CNCC(N)C(=O)O.N=C(N)c1ccc(CC(N)C(=O)O)cc1. The summed E-state index contributed by atoms with van der Waals surface area (Å²) >= 11 is 0. The summed E-state index contributed by atoms with van der Waals surface area (Å²) in [7, 11) is 1.66. The van der Waals surface area contributed by atoms with Crippen molar-refractivity contribution in [2.24, 2.45) is 17.2 Å². The molecule has 10 N–H and O–H groups in total. The first kappa shape index (κ1) is 23.8. The number of carboxylic acid groups (broad SMARTS) is 2. The zero-order valence-electron chi connectivity index (χ0n) is 12.8. The summed E-state index contributed by atoms with van der Waals surface area (Å²) in [6.07, 6.45) is 0.271. The highest BCUT2D eigenvalue weighted by molar-refractivity contribution is 5.94. The molecule has 0 aliphatic carbocycles. The highest BCUT2D eigenvalue weighted by Crippen LogP contribution is 2.06. The first-order valence-electron chi connectivity index (χ1n) is 6.73. The van der Waals surface area contributed by atoms with Crippen molar-refractivity contribution in [1.82, 2.24) is 5.32 Å². The van der Waals surface area contributed by atoms with Gasteiger partial charge in [-0.25, -0.2) is 0 Å². The van der Waals surface area contributed by atoms with E-state index in [0.717, 1.165) is 5.56 Å². The summed E-state index contributed by atoms with van der Waals surface area (Å²) in [5.41, 5.74) is 17.2. The molecule has 24 heavy (non-hydrogen) atoms. The number of nitrogens with one attached hydrogen (secondary N) is 2. The zero-order valence-corrected chi connectivity index (χ0v) is 12.8. The highest BCUT2D eigenvalue weighted by Gasteiger charge is 2.11. The van der Waals surface area contributed by atoms with Crippen LogP contribution in [0.25, 0.3) is 0 Å². The third-order valence-corrected chi connectivity index (χ3v) is 2.78. The lowest BCUT2D eigenvalue weighted by molar-refractivity contribution is -0.139. The number of likely N-dealkylation sites (N-methyl/N-ethyl adjacent to an activating group) is 1. The third kappa shape index (κ3) is 9.51. The van der Waals surface area contributed by atoms with E-state index in [-0.39, 0.29) is 19.7 Å². The molecule has 1 aromatic rings. The standard InChI is InChI=1S/C10H13N3O2.C4H10N2O2.CH4/c11-8(10(14)15)5-6-1-3-7(4-2-6)9(12)13;1-6-2-3(5)4(7)8;/h1-4,8H,5,11H2,(H3,12,13)(H,14,15);3,6H,2,5H2,1H3,(H,7,8);1H4. The van der Waals surface area contributed by atoms with Crippen molar-refractivity contribution < 1.29 is 19.8 Å². The molecule has 9 heteroatoms. The lowest BCUT2D eigenvalue weighted by Crippen LogP contribution is -2.38. The van der Waals surface area contributed by atoms with Gasteiger partial charge < -0.3 is 32.7 Å². The van der Waals surface area contributed by atoms with E-state index in [1.807, 2.05) is 0 Å². The van der Waals surface area contributed by atoms with Crippen molar-refractivity contribution in [3.8, 4) is 0 Å². The second-order valence-electron chi connectivity index (χ2n) is 4.76. The van der Waals surface area contributed by atoms with Gasteiger partial charge in [-0.15, -0.1) is 0 Å². The van der Waals surface area contributed by atoms with Gasteiger partial charge in [-0.3, -0.25) is 15.0 Å². The van der Waals surface area contributed by atoms with Crippen LogP contribution in [-0.2, 0) is 16.0 Å². The van der Waals surface area contributed by atoms with E-state index < -0.39 is 24.0 Å². The van der Waals surface area contributed by atoms with Crippen LogP contribution in [0.5, 0.6) is 0 Å². The second kappa shape index (κ2) is 12.0. The molecule has 0 heterocycles. The summed E-state index contributed by atoms with van der Waals surface area (Å²) in [4.78, 5) is 20.4. The van der Waals surface area contributed by atoms with Crippen LogP contribution in [0.4, 0.5) is 0 Å². The Morgan fingerprint density at radius 1 is 1.12 bits per heavy atom. The first-order chi connectivity index (χ1) is 10.7. The molecule has 0 spiro atoms. The Morgan fingerprint density at radius 2 is 1.58 bits per heavy atom. The summed E-state index contributed by atoms with van der Waals surface area (Å²) in [5, 5.41) is 26.6. The highest BCUT2D eigenvalue weighted by atomic mass is 16.4. The monoisotopic (exact) mass is 341 g/mol. The number of nitrogens with two attached hydrogens (primary N) is 3. The first-order valence-corrected chi connectivity index (χ1v) is 6.73. The Balaban J connectivity index is 0. The van der Waals surface area contributed by atoms with Crippen LogP contribution in [0.15, 0.2) is 24.3 Å². The lowest BCUT2D eigenvalue weighted by atomic mass is 10.0. The van der Waals surface area contributed by atoms with E-state index in [2.05, 4.69) is 5.32 Å². The second-order valence-corrected chi connectivity index (χ2v) is 4.76. The fraction of sp³-hybridized carbons (Fsp3) is 0.400. The Bertz CT molecular complexity index is 533. The van der Waals surface area contributed by atoms with Crippen LogP contribution < -0.4 is 22.5 Å². The van der Waals surface area contributed by atoms with E-state index in [1.165, 1.54) is 0 Å². The third-order valence-electron chi connectivity index (χ3n) is 2.78. The minimum absolute atomic E-state index is 0. The number of nitrogen functional groups attached to an aromatic ring is 1. The summed E-state index contributed by atoms with van der Waals surface area (Å²) in [6.45, 7) is 0.315. The van der Waals surface area contributed by atoms with Crippen LogP contribution in [-0.4, -0.2) is 53.7 Å². The normalized spacial score (nSPS) is 12.0. The molecular formula is C15H27N5O4. The fourth-order valence-electron chi connectivity index (χ4n) is 1.47. The van der Waals surface area contributed by atoms with Crippen LogP contribution in [0.3, 0.4) is 0 Å². The summed E-state index contributed by atoms with van der Waals surface area (Å²) < 4.78 is 0. The average molecular weight is 341 g/mol. The molecule has 0 aromatic heterocycles. The number of carboxylic acids is 2. The smallest absolute Gasteiger partial charge is 0.321 e. The maximum Gasteiger partial charge on any atom is 0.321 e. The predicted octanol–water partition coefficient (Wildman–Crippen LogP) is -0.821. The van der Waals surface area contributed by atoms with Crippen LogP contribution >= 0.6 is 0 Å². The number of carbonyl (C=O) groups is 2. The predicted molar refractivity (Wildman–Crippen MR) is 93.0 cm³/mol. The number of amidine groups is 1. The van der Waals surface area contributed by atoms with Gasteiger partial charge in [0.15, 0.2) is 0 Å². The molecule has 0 aliphatic heterocycles. The van der Waals surface area contributed by atoms with Gasteiger partial charge in [-0.05, 0) is 19.0 Å². The molecule has 0 amide bonds. The van der Waals surface area contributed by atoms with Gasteiger partial charge in [0.1, 0.15) is 17.9 Å². The fourth-order valence-corrected chi connectivity index (χ4v) is 1.47. The maximum atomic E-state index is 10.5. The molecule has 2 unspecified atom stereocenters. The van der Waals surface area contributed by atoms with Crippen molar-refractivity contribution in [3.63, 3.8) is 0 Å². The van der Waals surface area contributed by atoms with Crippen molar-refractivity contribution in [2.45, 2.75) is 25.9 Å². The molecule has 0 radical (unpaired) electrons. The van der Waals surface area contributed by atoms with E-state index in [4.69, 9.17) is 32.8 Å². The van der Waals surface area contributed by atoms with Crippen LogP contribution in [0, 0.1) is 5.41 Å². The molecular weight excluding hydrogens is 314 g/mol. The van der Waals surface area contributed by atoms with Gasteiger partial charge in [0.05, 0.1) is 0 Å². The molecule has 0 saturated heterocycles. The maximum absolute atomic E-state index is 10.5. The minimum Gasteiger partial charge on any atom is -0.480 e. The summed E-state index contributed by atoms with van der Waals surface area (Å²) in [5.74, 6) is -2.01. The average Bonchev–Trinajstić information content (AvgIpc) is 2.48. The minimum atomic E-state index is -1.02. The van der Waals surface area contributed by atoms with E-state index in [1.54, 1.807) is 31.3 Å². The Kier molecular flexibility index (Phi) is 11.9. The van der Waals surface area contributed by atoms with Crippen molar-refractivity contribution >= 4 is 17.8 Å². The molecule has 0 aliphatic rings. The molecule has 136 valence electrons. The zero-order chi connectivity index (χ0) is 18.0. The van der Waals surface area contributed by atoms with Gasteiger partial charge >= 0.3 is 11.9 Å². The number of aliphatic carboxylic acids is 2. The van der Waals surface area contributed by atoms with Gasteiger partial charge in [0, 0.05) is 12.1 Å². The molecule has 2 atom stereocenters. The summed E-state index contributed by atoms with van der Waals surface area (Å²) in [6, 6.07) is 5.12. The Hall–Kier alpha value is -2.49. The number of hydrogen-bond donors (Lipinski definition) is 7. The Morgan fingerprint density at radius 3 is 1.88 bits per heavy atom. The van der Waals surface area contributed by atoms with Crippen molar-refractivity contribution in [1.29, 1.82) is 5.41 Å². The van der Waals surface area contributed by atoms with Gasteiger partial charge in [0.2, 0.25) is 0 Å². The molecule has 0 saturated carbocycles. The lowest BCUT2D eigenvalue weighted by Gasteiger charge is -2.06. The molecule has 0 fully saturated rings. The topological polar surface area (TPSA) is 189 Å². The molecule has 1 aromatic carbocycles. The van der Waals surface area contributed by atoms with E-state index in [0.29, 0.717) is 12.1 Å². The van der Waals surface area contributed by atoms with Crippen LogP contribution in [0.1, 0.15) is 18.6 Å². The number of hydrogen-bond acceptors (Lipinski definition) is 6. The van der Waals surface area contributed by atoms with Crippen molar-refractivity contribution in [2.75, 3.05) is 13.6 Å². The largest absolute Gasteiger partial charge is 0.480 e. The van der Waals surface area contributed by atoms with E-state index >= 15 is 0 Å². The quantitative estimate of drug-likeness (QED) is 0.247. The van der Waals surface area contributed by atoms with Crippen molar-refractivity contribution in [3.05, 3.63) is 35.4 Å². The molecule has 9 nitrogen and oxygen atoms in total. The van der Waals surface area contributed by atoms with Crippen LogP contribution in [0.2, 0.25) is 0 Å². The van der Waals surface area contributed by atoms with E-state index in [9.17, 15) is 9.59 Å².